The number of ether oxygens (including phenoxy) is 1. The van der Waals surface area contributed by atoms with Crippen molar-refractivity contribution in [3.05, 3.63) is 11.5 Å². The van der Waals surface area contributed by atoms with Gasteiger partial charge in [-0.2, -0.15) is 4.98 Å². The molecule has 0 aliphatic rings. The second-order valence-electron chi connectivity index (χ2n) is 2.26. The van der Waals surface area contributed by atoms with Crippen LogP contribution in [0.3, 0.4) is 0 Å². The number of hydrogen-bond acceptors (Lipinski definition) is 4. The minimum Gasteiger partial charge on any atom is -0.449 e. The van der Waals surface area contributed by atoms with E-state index in [1.165, 1.54) is 0 Å². The number of rotatable bonds is 3. The lowest BCUT2D eigenvalue weighted by molar-refractivity contribution is 0.234. The highest BCUT2D eigenvalue weighted by molar-refractivity contribution is 5.07. The Hall–Kier alpha value is -1.03. The zero-order valence-corrected chi connectivity index (χ0v) is 6.76. The van der Waals surface area contributed by atoms with Gasteiger partial charge in [0.1, 0.15) is 12.4 Å². The summed E-state index contributed by atoms with van der Waals surface area (Å²) in [5.41, 5.74) is 6.09. The van der Waals surface area contributed by atoms with Crippen LogP contribution in [0.5, 0.6) is 6.08 Å². The number of nitrogens with two attached hydrogens (primary N) is 1. The molecule has 4 nitrogen and oxygen atoms in total. The quantitative estimate of drug-likeness (QED) is 0.697. The van der Waals surface area contributed by atoms with Crippen molar-refractivity contribution in [1.82, 2.24) is 4.98 Å². The molecule has 62 valence electrons. The van der Waals surface area contributed by atoms with Crippen molar-refractivity contribution in [3.8, 4) is 6.08 Å². The van der Waals surface area contributed by atoms with Crippen molar-refractivity contribution in [3.63, 3.8) is 0 Å². The Bertz CT molecular complexity index is 213. The molecule has 0 aliphatic carbocycles. The Kier molecular flexibility index (Phi) is 2.48. The summed E-state index contributed by atoms with van der Waals surface area (Å²) < 4.78 is 10.2. The maximum atomic E-state index is 5.23. The monoisotopic (exact) mass is 156 g/mol. The van der Waals surface area contributed by atoms with Gasteiger partial charge in [-0.1, -0.05) is 0 Å². The maximum absolute atomic E-state index is 5.23. The number of hydrogen-bond donors (Lipinski definition) is 1. The Labute approximate surface area is 65.4 Å². The van der Waals surface area contributed by atoms with Crippen molar-refractivity contribution in [2.75, 3.05) is 13.2 Å². The first-order valence-corrected chi connectivity index (χ1v) is 3.51. The molecule has 4 heteroatoms. The van der Waals surface area contributed by atoms with Gasteiger partial charge >= 0.3 is 6.08 Å². The molecule has 0 atom stereocenters. The summed E-state index contributed by atoms with van der Waals surface area (Å²) in [5, 5.41) is 0. The van der Waals surface area contributed by atoms with Gasteiger partial charge in [0, 0.05) is 6.54 Å². The Morgan fingerprint density at radius 2 is 2.27 bits per heavy atom. The first-order chi connectivity index (χ1) is 5.24. The van der Waals surface area contributed by atoms with Crippen LogP contribution in [0.25, 0.3) is 0 Å². The van der Waals surface area contributed by atoms with E-state index in [4.69, 9.17) is 14.9 Å². The van der Waals surface area contributed by atoms with Crippen LogP contribution in [-0.2, 0) is 0 Å². The molecular formula is C7H12N2O2. The molecule has 0 spiro atoms. The molecule has 11 heavy (non-hydrogen) atoms. The standard InChI is InChI=1S/C7H12N2O2/c1-5-6(2)11-7(9-5)10-4-3-8/h3-4,8H2,1-2H3. The number of aromatic nitrogens is 1. The van der Waals surface area contributed by atoms with Gasteiger partial charge in [0.05, 0.1) is 5.69 Å². The van der Waals surface area contributed by atoms with Crippen LogP contribution in [0, 0.1) is 13.8 Å². The second kappa shape index (κ2) is 3.39. The van der Waals surface area contributed by atoms with Crippen LogP contribution in [-0.4, -0.2) is 18.1 Å². The fraction of sp³-hybridized carbons (Fsp3) is 0.571. The molecule has 0 radical (unpaired) electrons. The third kappa shape index (κ3) is 1.94. The largest absolute Gasteiger partial charge is 0.449 e. The molecule has 0 saturated heterocycles. The molecule has 1 aromatic rings. The van der Waals surface area contributed by atoms with Crippen molar-refractivity contribution in [2.24, 2.45) is 5.73 Å². The van der Waals surface area contributed by atoms with E-state index >= 15 is 0 Å². The Balaban J connectivity index is 2.58. The van der Waals surface area contributed by atoms with Gasteiger partial charge in [0.25, 0.3) is 0 Å². The molecule has 2 N–H and O–H groups in total. The van der Waals surface area contributed by atoms with Crippen LogP contribution in [0.1, 0.15) is 11.5 Å². The number of oxazole rings is 1. The molecule has 1 aromatic heterocycles. The summed E-state index contributed by atoms with van der Waals surface area (Å²) in [4.78, 5) is 4.00. The molecular weight excluding hydrogens is 144 g/mol. The third-order valence-electron chi connectivity index (χ3n) is 1.35. The minimum absolute atomic E-state index is 0.311. The average molecular weight is 156 g/mol. The summed E-state index contributed by atoms with van der Waals surface area (Å²) in [6.45, 7) is 4.63. The summed E-state index contributed by atoms with van der Waals surface area (Å²) in [5.74, 6) is 0.789. The normalized spacial score (nSPS) is 10.1. The highest BCUT2D eigenvalue weighted by Crippen LogP contribution is 2.14. The molecule has 0 aliphatic heterocycles. The average Bonchev–Trinajstić information content (AvgIpc) is 2.28. The molecule has 0 fully saturated rings. The van der Waals surface area contributed by atoms with E-state index in [-0.39, 0.29) is 0 Å². The molecule has 0 aromatic carbocycles. The van der Waals surface area contributed by atoms with Crippen molar-refractivity contribution in [1.29, 1.82) is 0 Å². The fourth-order valence-electron chi connectivity index (χ4n) is 0.651. The van der Waals surface area contributed by atoms with Gasteiger partial charge in [-0.05, 0) is 13.8 Å². The van der Waals surface area contributed by atoms with Crippen LogP contribution in [0.15, 0.2) is 4.42 Å². The summed E-state index contributed by atoms with van der Waals surface area (Å²) in [7, 11) is 0. The Morgan fingerprint density at radius 3 is 2.73 bits per heavy atom. The van der Waals surface area contributed by atoms with Gasteiger partial charge in [0.2, 0.25) is 0 Å². The van der Waals surface area contributed by atoms with E-state index in [1.54, 1.807) is 0 Å². The Morgan fingerprint density at radius 1 is 1.55 bits per heavy atom. The first kappa shape index (κ1) is 8.07. The van der Waals surface area contributed by atoms with Crippen LogP contribution in [0.2, 0.25) is 0 Å². The number of aryl methyl sites for hydroxylation is 2. The molecule has 0 unspecified atom stereocenters. The van der Waals surface area contributed by atoms with Gasteiger partial charge < -0.3 is 14.9 Å². The van der Waals surface area contributed by atoms with Gasteiger partial charge in [-0.25, -0.2) is 0 Å². The van der Waals surface area contributed by atoms with E-state index < -0.39 is 0 Å². The topological polar surface area (TPSA) is 61.3 Å². The predicted octanol–water partition coefficient (Wildman–Crippen LogP) is 0.629. The van der Waals surface area contributed by atoms with Crippen LogP contribution in [0.4, 0.5) is 0 Å². The lowest BCUT2D eigenvalue weighted by Gasteiger charge is -1.95. The summed E-state index contributed by atoms with van der Waals surface area (Å²) in [6.07, 6.45) is 0.311. The van der Waals surface area contributed by atoms with E-state index in [0.717, 1.165) is 11.5 Å². The van der Waals surface area contributed by atoms with Crippen molar-refractivity contribution >= 4 is 0 Å². The third-order valence-corrected chi connectivity index (χ3v) is 1.35. The molecule has 0 bridgehead atoms. The van der Waals surface area contributed by atoms with E-state index in [9.17, 15) is 0 Å². The van der Waals surface area contributed by atoms with E-state index in [1.807, 2.05) is 13.8 Å². The second-order valence-corrected chi connectivity index (χ2v) is 2.26. The highest BCUT2D eigenvalue weighted by Gasteiger charge is 2.04. The predicted molar refractivity (Wildman–Crippen MR) is 40.5 cm³/mol. The van der Waals surface area contributed by atoms with E-state index in [0.29, 0.717) is 19.2 Å². The smallest absolute Gasteiger partial charge is 0.393 e. The minimum atomic E-state index is 0.311. The van der Waals surface area contributed by atoms with E-state index in [2.05, 4.69) is 4.98 Å². The van der Waals surface area contributed by atoms with Gasteiger partial charge in [-0.15, -0.1) is 0 Å². The zero-order chi connectivity index (χ0) is 8.27. The molecule has 0 amide bonds. The molecule has 1 heterocycles. The lowest BCUT2D eigenvalue weighted by atomic mass is 10.4. The van der Waals surface area contributed by atoms with Gasteiger partial charge in [0.15, 0.2) is 0 Å². The summed E-state index contributed by atoms with van der Waals surface area (Å²) >= 11 is 0. The number of nitrogens with zero attached hydrogens (tertiary/aromatic N) is 1. The summed E-state index contributed by atoms with van der Waals surface area (Å²) in [6, 6.07) is 0. The van der Waals surface area contributed by atoms with Crippen LogP contribution < -0.4 is 10.5 Å². The lowest BCUT2D eigenvalue weighted by Crippen LogP contribution is -2.10. The first-order valence-electron chi connectivity index (χ1n) is 3.51. The maximum Gasteiger partial charge on any atom is 0.393 e. The zero-order valence-electron chi connectivity index (χ0n) is 6.76. The fourth-order valence-corrected chi connectivity index (χ4v) is 0.651. The molecule has 0 saturated carbocycles. The van der Waals surface area contributed by atoms with Crippen LogP contribution >= 0.6 is 0 Å². The molecule has 1 rings (SSSR count). The SMILES string of the molecule is Cc1nc(OCCN)oc1C. The van der Waals surface area contributed by atoms with Crippen molar-refractivity contribution in [2.45, 2.75) is 13.8 Å². The van der Waals surface area contributed by atoms with Crippen molar-refractivity contribution < 1.29 is 9.15 Å². The van der Waals surface area contributed by atoms with Gasteiger partial charge in [-0.3, -0.25) is 0 Å². The highest BCUT2D eigenvalue weighted by atomic mass is 16.6.